The predicted molar refractivity (Wildman–Crippen MR) is 73.2 cm³/mol. The lowest BCUT2D eigenvalue weighted by Gasteiger charge is -2.11. The first-order valence-corrected chi connectivity index (χ1v) is 6.48. The molecule has 1 saturated carbocycles. The third-order valence-electron chi connectivity index (χ3n) is 3.56. The van der Waals surface area contributed by atoms with Gasteiger partial charge in [0.25, 0.3) is 5.91 Å². The molecule has 0 heterocycles. The average molecular weight is 261 g/mol. The predicted octanol–water partition coefficient (Wildman–Crippen LogP) is 1.56. The van der Waals surface area contributed by atoms with Gasteiger partial charge in [0, 0.05) is 17.7 Å². The molecule has 5 heteroatoms. The monoisotopic (exact) mass is 261 g/mol. The molecule has 0 aliphatic heterocycles. The van der Waals surface area contributed by atoms with Gasteiger partial charge >= 0.3 is 0 Å². The summed E-state index contributed by atoms with van der Waals surface area (Å²) in [5.74, 6) is 1.27. The lowest BCUT2D eigenvalue weighted by molar-refractivity contribution is 0.0946. The van der Waals surface area contributed by atoms with E-state index in [4.69, 9.17) is 10.9 Å². The normalized spacial score (nSPS) is 17.0. The van der Waals surface area contributed by atoms with Crippen LogP contribution in [0.2, 0.25) is 0 Å². The molecule has 1 aromatic carbocycles. The van der Waals surface area contributed by atoms with Crippen molar-refractivity contribution in [1.29, 1.82) is 0 Å². The molecule has 2 rings (SSSR count). The highest BCUT2D eigenvalue weighted by Crippen LogP contribution is 2.36. The van der Waals surface area contributed by atoms with Gasteiger partial charge in [-0.05, 0) is 36.8 Å². The Balaban J connectivity index is 1.91. The van der Waals surface area contributed by atoms with E-state index in [1.807, 2.05) is 0 Å². The number of nitrogens with two attached hydrogens (primary N) is 1. The van der Waals surface area contributed by atoms with Gasteiger partial charge in [-0.15, -0.1) is 0 Å². The number of rotatable bonds is 5. The molecule has 1 aromatic rings. The summed E-state index contributed by atoms with van der Waals surface area (Å²) in [4.78, 5) is 11.9. The maximum atomic E-state index is 11.9. The molecule has 1 fully saturated rings. The van der Waals surface area contributed by atoms with Crippen LogP contribution in [0.25, 0.3) is 0 Å². The highest BCUT2D eigenvalue weighted by molar-refractivity contribution is 5.99. The van der Waals surface area contributed by atoms with Gasteiger partial charge in [0.2, 0.25) is 0 Å². The molecule has 1 amide bonds. The highest BCUT2D eigenvalue weighted by Gasteiger charge is 2.27. The molecule has 102 valence electrons. The average Bonchev–Trinajstić information content (AvgIpc) is 3.28. The molecule has 0 spiro atoms. The van der Waals surface area contributed by atoms with Crippen molar-refractivity contribution in [3.63, 3.8) is 0 Å². The molecule has 1 atom stereocenters. The number of oxime groups is 1. The molecule has 5 nitrogen and oxygen atoms in total. The van der Waals surface area contributed by atoms with E-state index in [0.717, 1.165) is 5.92 Å². The number of carbonyl (C=O) groups excluding carboxylic acids is 1. The molecule has 0 aromatic heterocycles. The zero-order chi connectivity index (χ0) is 13.8. The number of amides is 1. The summed E-state index contributed by atoms with van der Waals surface area (Å²) in [6, 6.07) is 6.66. The number of nitrogens with zero attached hydrogens (tertiary/aromatic N) is 1. The number of nitrogens with one attached hydrogen (secondary N) is 1. The smallest absolute Gasteiger partial charge is 0.251 e. The van der Waals surface area contributed by atoms with Gasteiger partial charge in [0.1, 0.15) is 0 Å². The first-order chi connectivity index (χ1) is 9.11. The molecule has 1 aliphatic rings. The first-order valence-electron chi connectivity index (χ1n) is 6.48. The van der Waals surface area contributed by atoms with Crippen LogP contribution >= 0.6 is 0 Å². The fourth-order valence-electron chi connectivity index (χ4n) is 2.04. The lowest BCUT2D eigenvalue weighted by Crippen LogP contribution is -2.29. The van der Waals surface area contributed by atoms with E-state index in [2.05, 4.69) is 17.4 Å². The van der Waals surface area contributed by atoms with Gasteiger partial charge in [-0.3, -0.25) is 4.79 Å². The summed E-state index contributed by atoms with van der Waals surface area (Å²) in [6.07, 6.45) is 2.57. The fraction of sp³-hybridized carbons (Fsp3) is 0.429. The number of hydrogen-bond donors (Lipinski definition) is 3. The van der Waals surface area contributed by atoms with Crippen molar-refractivity contribution in [2.45, 2.75) is 19.8 Å². The third-order valence-corrected chi connectivity index (χ3v) is 3.56. The summed E-state index contributed by atoms with van der Waals surface area (Å²) in [7, 11) is 0. The third kappa shape index (κ3) is 3.47. The second-order valence-electron chi connectivity index (χ2n) is 5.09. The fourth-order valence-corrected chi connectivity index (χ4v) is 2.04. The summed E-state index contributed by atoms with van der Waals surface area (Å²) < 4.78 is 0. The van der Waals surface area contributed by atoms with Crippen LogP contribution in [0.5, 0.6) is 0 Å². The molecule has 1 unspecified atom stereocenters. The Bertz CT molecular complexity index is 478. The molecule has 0 bridgehead atoms. The van der Waals surface area contributed by atoms with Crippen LogP contribution in [0.1, 0.15) is 35.7 Å². The zero-order valence-corrected chi connectivity index (χ0v) is 11.0. The molecular weight excluding hydrogens is 242 g/mol. The summed E-state index contributed by atoms with van der Waals surface area (Å²) >= 11 is 0. The van der Waals surface area contributed by atoms with Gasteiger partial charge in [-0.1, -0.05) is 24.2 Å². The van der Waals surface area contributed by atoms with Gasteiger partial charge in [0.05, 0.1) is 0 Å². The number of amidine groups is 1. The second-order valence-corrected chi connectivity index (χ2v) is 5.09. The van der Waals surface area contributed by atoms with Crippen molar-refractivity contribution >= 4 is 11.7 Å². The Hall–Kier alpha value is -2.04. The Morgan fingerprint density at radius 1 is 1.42 bits per heavy atom. The highest BCUT2D eigenvalue weighted by atomic mass is 16.4. The zero-order valence-electron chi connectivity index (χ0n) is 11.0. The summed E-state index contributed by atoms with van der Waals surface area (Å²) in [6.45, 7) is 2.88. The van der Waals surface area contributed by atoms with Crippen LogP contribution in [0, 0.1) is 11.8 Å². The van der Waals surface area contributed by atoms with Crippen LogP contribution in [-0.2, 0) is 0 Å². The van der Waals surface area contributed by atoms with Crippen molar-refractivity contribution in [2.24, 2.45) is 22.7 Å². The molecule has 19 heavy (non-hydrogen) atoms. The second kappa shape index (κ2) is 5.73. The molecule has 4 N–H and O–H groups in total. The van der Waals surface area contributed by atoms with E-state index < -0.39 is 0 Å². The lowest BCUT2D eigenvalue weighted by atomic mass is 10.1. The van der Waals surface area contributed by atoms with Gasteiger partial charge in [-0.25, -0.2) is 0 Å². The minimum absolute atomic E-state index is 0.0364. The van der Waals surface area contributed by atoms with Crippen LogP contribution in [0.3, 0.4) is 0 Å². The van der Waals surface area contributed by atoms with E-state index in [1.54, 1.807) is 24.3 Å². The topological polar surface area (TPSA) is 87.7 Å². The van der Waals surface area contributed by atoms with E-state index in [1.165, 1.54) is 12.8 Å². The van der Waals surface area contributed by atoms with Gasteiger partial charge in [-0.2, -0.15) is 0 Å². The Morgan fingerprint density at radius 2 is 2.00 bits per heavy atom. The van der Waals surface area contributed by atoms with Crippen molar-refractivity contribution < 1.29 is 10.0 Å². The quantitative estimate of drug-likeness (QED) is 0.325. The van der Waals surface area contributed by atoms with Gasteiger partial charge in [0.15, 0.2) is 5.84 Å². The Labute approximate surface area is 112 Å². The van der Waals surface area contributed by atoms with Crippen molar-refractivity contribution in [3.05, 3.63) is 35.4 Å². The van der Waals surface area contributed by atoms with Crippen molar-refractivity contribution in [2.75, 3.05) is 6.54 Å². The van der Waals surface area contributed by atoms with E-state index >= 15 is 0 Å². The van der Waals surface area contributed by atoms with Crippen LogP contribution in [0.4, 0.5) is 0 Å². The number of benzene rings is 1. The standard InChI is InChI=1S/C14H19N3O2/c1-9(10-2-3-10)8-16-14(18)12-6-4-11(5-7-12)13(15)17-19/h4-7,9-10,19H,2-3,8H2,1H3,(H2,15,17)(H,16,18). The molecule has 0 saturated heterocycles. The van der Waals surface area contributed by atoms with Crippen LogP contribution in [-0.4, -0.2) is 23.5 Å². The number of carbonyl (C=O) groups is 1. The maximum Gasteiger partial charge on any atom is 0.251 e. The van der Waals surface area contributed by atoms with E-state index in [9.17, 15) is 4.79 Å². The largest absolute Gasteiger partial charge is 0.409 e. The Kier molecular flexibility index (Phi) is 4.04. The minimum Gasteiger partial charge on any atom is -0.409 e. The summed E-state index contributed by atoms with van der Waals surface area (Å²) in [5.41, 5.74) is 6.63. The summed E-state index contributed by atoms with van der Waals surface area (Å²) in [5, 5.41) is 14.4. The SMILES string of the molecule is CC(CNC(=O)c1ccc(/C(N)=N/O)cc1)C1CC1. The van der Waals surface area contributed by atoms with Crippen LogP contribution < -0.4 is 11.1 Å². The Morgan fingerprint density at radius 3 is 2.53 bits per heavy atom. The van der Waals surface area contributed by atoms with E-state index in [-0.39, 0.29) is 11.7 Å². The molecule has 0 radical (unpaired) electrons. The van der Waals surface area contributed by atoms with Crippen molar-refractivity contribution in [1.82, 2.24) is 5.32 Å². The van der Waals surface area contributed by atoms with Crippen molar-refractivity contribution in [3.8, 4) is 0 Å². The first kappa shape index (κ1) is 13.4. The number of hydrogen-bond acceptors (Lipinski definition) is 3. The van der Waals surface area contributed by atoms with Gasteiger partial charge < -0.3 is 16.3 Å². The molecule has 1 aliphatic carbocycles. The van der Waals surface area contributed by atoms with Crippen LogP contribution in [0.15, 0.2) is 29.4 Å². The molecular formula is C14H19N3O2. The minimum atomic E-state index is -0.0847. The van der Waals surface area contributed by atoms with E-state index in [0.29, 0.717) is 23.6 Å². The maximum absolute atomic E-state index is 11.9.